The van der Waals surface area contributed by atoms with Gasteiger partial charge in [-0.05, 0) is 80.2 Å². The highest BCUT2D eigenvalue weighted by atomic mass is 127. The number of nitrogens with one attached hydrogen (secondary N) is 2. The number of hydrogen-bond donors (Lipinski definition) is 2. The van der Waals surface area contributed by atoms with Crippen molar-refractivity contribution in [3.63, 3.8) is 0 Å². The van der Waals surface area contributed by atoms with E-state index in [0.29, 0.717) is 44.1 Å². The van der Waals surface area contributed by atoms with E-state index in [1.54, 1.807) is 13.3 Å². The third-order valence-electron chi connectivity index (χ3n) is 5.53. The number of halogens is 2. The molecule has 184 valence electrons. The first kappa shape index (κ1) is 24.9. The first-order valence-electron chi connectivity index (χ1n) is 11.3. The normalized spacial score (nSPS) is 13.8. The number of aromatic nitrogens is 3. The van der Waals surface area contributed by atoms with Gasteiger partial charge < -0.3 is 19.7 Å². The molecule has 0 spiro atoms. The van der Waals surface area contributed by atoms with Crippen molar-refractivity contribution in [2.75, 3.05) is 49.1 Å². The minimum atomic E-state index is 0.338. The van der Waals surface area contributed by atoms with Crippen LogP contribution in [0.5, 0.6) is 5.75 Å². The van der Waals surface area contributed by atoms with Gasteiger partial charge in [-0.15, -0.1) is 0 Å². The smallest absolute Gasteiger partial charge is 0.250 e. The highest BCUT2D eigenvalue weighted by molar-refractivity contribution is 14.1. The molecule has 2 heterocycles. The second-order valence-electron chi connectivity index (χ2n) is 7.95. The fourth-order valence-corrected chi connectivity index (χ4v) is 5.93. The largest absolute Gasteiger partial charge is 0.495 e. The highest BCUT2D eigenvalue weighted by Crippen LogP contribution is 2.27. The lowest BCUT2D eigenvalue weighted by Crippen LogP contribution is -2.37. The van der Waals surface area contributed by atoms with Crippen LogP contribution in [0.25, 0.3) is 10.8 Å². The summed E-state index contributed by atoms with van der Waals surface area (Å²) in [6.45, 7) is 2.68. The van der Waals surface area contributed by atoms with Crippen LogP contribution in [0.3, 0.4) is 0 Å². The number of nitrogens with zero attached hydrogens (tertiary/aromatic N) is 5. The molecular weight excluding hydrogens is 684 g/mol. The molecule has 0 aliphatic carbocycles. The first-order valence-corrected chi connectivity index (χ1v) is 13.4. The minimum Gasteiger partial charge on any atom is -0.495 e. The SMILES string of the molecule is COc1c(I)cc(I)cc1/C=N/Nc1nc(Nc2ccc3ccccc3c2)nc(N2CCOCC2)n1. The molecule has 36 heavy (non-hydrogen) atoms. The monoisotopic (exact) mass is 707 g/mol. The van der Waals surface area contributed by atoms with E-state index in [0.717, 1.165) is 29.5 Å². The topological polar surface area (TPSA) is 96.8 Å². The Bertz CT molecular complexity index is 1410. The van der Waals surface area contributed by atoms with Crippen LogP contribution in [0.2, 0.25) is 0 Å². The van der Waals surface area contributed by atoms with Crippen LogP contribution in [-0.4, -0.2) is 54.6 Å². The Morgan fingerprint density at radius 1 is 0.972 bits per heavy atom. The van der Waals surface area contributed by atoms with Crippen molar-refractivity contribution in [3.8, 4) is 5.75 Å². The molecule has 1 aliphatic heterocycles. The number of methoxy groups -OCH3 is 1. The number of ether oxygens (including phenoxy) is 2. The number of anilines is 4. The summed E-state index contributed by atoms with van der Waals surface area (Å²) < 4.78 is 13.1. The zero-order valence-corrected chi connectivity index (χ0v) is 23.7. The average Bonchev–Trinajstić information content (AvgIpc) is 2.89. The van der Waals surface area contributed by atoms with Crippen LogP contribution in [0.15, 0.2) is 59.7 Å². The van der Waals surface area contributed by atoms with Gasteiger partial charge in [0, 0.05) is 27.9 Å². The third kappa shape index (κ3) is 5.95. The van der Waals surface area contributed by atoms with Crippen LogP contribution in [-0.2, 0) is 4.74 Å². The number of fused-ring (bicyclic) bond motifs is 1. The van der Waals surface area contributed by atoms with Crippen molar-refractivity contribution in [2.24, 2.45) is 5.10 Å². The summed E-state index contributed by atoms with van der Waals surface area (Å²) in [6.07, 6.45) is 1.71. The Morgan fingerprint density at radius 3 is 2.56 bits per heavy atom. The van der Waals surface area contributed by atoms with Gasteiger partial charge in [-0.1, -0.05) is 30.3 Å². The zero-order chi connectivity index (χ0) is 24.9. The summed E-state index contributed by atoms with van der Waals surface area (Å²) in [5, 5.41) is 10.0. The van der Waals surface area contributed by atoms with Gasteiger partial charge in [0.15, 0.2) is 0 Å². The molecule has 0 unspecified atom stereocenters. The van der Waals surface area contributed by atoms with E-state index in [1.807, 2.05) is 24.3 Å². The molecule has 0 saturated carbocycles. The molecule has 1 saturated heterocycles. The number of benzene rings is 3. The van der Waals surface area contributed by atoms with Crippen molar-refractivity contribution < 1.29 is 9.47 Å². The first-order chi connectivity index (χ1) is 17.6. The van der Waals surface area contributed by atoms with Crippen LogP contribution in [0.4, 0.5) is 23.5 Å². The number of hydrazone groups is 1. The summed E-state index contributed by atoms with van der Waals surface area (Å²) in [4.78, 5) is 15.9. The number of rotatable bonds is 7. The highest BCUT2D eigenvalue weighted by Gasteiger charge is 2.17. The molecule has 0 radical (unpaired) electrons. The Kier molecular flexibility index (Phi) is 7.96. The van der Waals surface area contributed by atoms with E-state index < -0.39 is 0 Å². The van der Waals surface area contributed by atoms with E-state index in [1.165, 1.54) is 5.39 Å². The van der Waals surface area contributed by atoms with Crippen molar-refractivity contribution >= 4 is 85.7 Å². The second-order valence-corrected chi connectivity index (χ2v) is 10.4. The predicted octanol–water partition coefficient (Wildman–Crippen LogP) is 5.27. The van der Waals surface area contributed by atoms with Gasteiger partial charge >= 0.3 is 0 Å². The van der Waals surface area contributed by atoms with Crippen molar-refractivity contribution in [2.45, 2.75) is 0 Å². The molecule has 2 N–H and O–H groups in total. The van der Waals surface area contributed by atoms with Gasteiger partial charge in [0.05, 0.1) is 30.1 Å². The van der Waals surface area contributed by atoms with Crippen molar-refractivity contribution in [1.82, 2.24) is 15.0 Å². The summed E-state index contributed by atoms with van der Waals surface area (Å²) in [5.41, 5.74) is 4.72. The van der Waals surface area contributed by atoms with E-state index >= 15 is 0 Å². The van der Waals surface area contributed by atoms with Crippen molar-refractivity contribution in [3.05, 3.63) is 67.3 Å². The lowest BCUT2D eigenvalue weighted by atomic mass is 10.1. The van der Waals surface area contributed by atoms with E-state index in [2.05, 4.69) is 111 Å². The number of hydrogen-bond acceptors (Lipinski definition) is 9. The summed E-state index contributed by atoms with van der Waals surface area (Å²) >= 11 is 4.53. The minimum absolute atomic E-state index is 0.338. The molecule has 0 amide bonds. The van der Waals surface area contributed by atoms with Crippen LogP contribution in [0, 0.1) is 7.14 Å². The maximum absolute atomic E-state index is 5.55. The molecule has 11 heteroatoms. The Morgan fingerprint density at radius 2 is 1.75 bits per heavy atom. The Hall–Kier alpha value is -2.78. The van der Waals surface area contributed by atoms with Gasteiger partial charge in [-0.2, -0.15) is 20.1 Å². The van der Waals surface area contributed by atoms with Gasteiger partial charge in [-0.3, -0.25) is 0 Å². The van der Waals surface area contributed by atoms with Gasteiger partial charge in [-0.25, -0.2) is 5.43 Å². The fraction of sp³-hybridized carbons (Fsp3) is 0.200. The lowest BCUT2D eigenvalue weighted by Gasteiger charge is -2.27. The van der Waals surface area contributed by atoms with Crippen molar-refractivity contribution in [1.29, 1.82) is 0 Å². The molecule has 1 aromatic heterocycles. The second kappa shape index (κ2) is 11.5. The third-order valence-corrected chi connectivity index (χ3v) is 6.96. The van der Waals surface area contributed by atoms with E-state index in [9.17, 15) is 0 Å². The van der Waals surface area contributed by atoms with Gasteiger partial charge in [0.25, 0.3) is 0 Å². The number of morpholine rings is 1. The van der Waals surface area contributed by atoms with Gasteiger partial charge in [0.1, 0.15) is 5.75 Å². The molecule has 9 nitrogen and oxygen atoms in total. The summed E-state index contributed by atoms with van der Waals surface area (Å²) in [6, 6.07) is 18.4. The van der Waals surface area contributed by atoms with E-state index in [-0.39, 0.29) is 0 Å². The Labute approximate surface area is 236 Å². The Balaban J connectivity index is 1.43. The fourth-order valence-electron chi connectivity index (χ4n) is 3.82. The lowest BCUT2D eigenvalue weighted by molar-refractivity contribution is 0.122. The molecule has 5 rings (SSSR count). The maximum Gasteiger partial charge on any atom is 0.250 e. The summed E-state index contributed by atoms with van der Waals surface area (Å²) in [7, 11) is 1.65. The maximum atomic E-state index is 5.55. The average molecular weight is 707 g/mol. The molecular formula is C25H23I2N7O2. The van der Waals surface area contributed by atoms with Crippen LogP contribution < -0.4 is 20.4 Å². The zero-order valence-electron chi connectivity index (χ0n) is 19.4. The molecule has 0 atom stereocenters. The van der Waals surface area contributed by atoms with Crippen LogP contribution in [0.1, 0.15) is 5.56 Å². The molecule has 4 aromatic rings. The van der Waals surface area contributed by atoms with E-state index in [4.69, 9.17) is 9.47 Å². The molecule has 3 aromatic carbocycles. The van der Waals surface area contributed by atoms with Crippen LogP contribution >= 0.6 is 45.2 Å². The molecule has 1 aliphatic rings. The quantitative estimate of drug-likeness (QED) is 0.153. The predicted molar refractivity (Wildman–Crippen MR) is 160 cm³/mol. The molecule has 1 fully saturated rings. The molecule has 0 bridgehead atoms. The standard InChI is InChI=1S/C25H23I2N7O2/c1-35-22-18(12-19(26)14-21(22)27)15-28-33-24-30-23(31-25(32-24)34-8-10-36-11-9-34)29-20-7-6-16-4-2-3-5-17(16)13-20/h2-7,12-15H,8-11H2,1H3,(H2,29,30,31,32,33)/b28-15+. The van der Waals surface area contributed by atoms with Gasteiger partial charge in [0.2, 0.25) is 17.8 Å². The summed E-state index contributed by atoms with van der Waals surface area (Å²) in [5.74, 6) is 2.10.